The van der Waals surface area contributed by atoms with Crippen LogP contribution in [0.5, 0.6) is 0 Å². The van der Waals surface area contributed by atoms with Gasteiger partial charge in [0.1, 0.15) is 11.5 Å². The average molecular weight is 510 g/mol. The van der Waals surface area contributed by atoms with Gasteiger partial charge in [-0.15, -0.1) is 0 Å². The molecule has 9 nitrogen and oxygen atoms in total. The molecule has 2 aromatic heterocycles. The number of piperidine rings is 1. The van der Waals surface area contributed by atoms with Gasteiger partial charge in [0.05, 0.1) is 0 Å². The van der Waals surface area contributed by atoms with E-state index in [4.69, 9.17) is 10.2 Å². The smallest absolute Gasteiger partial charge is 0.328 e. The largest absolute Gasteiger partial charge is 0.478 e. The van der Waals surface area contributed by atoms with Crippen LogP contribution in [0.15, 0.2) is 65.6 Å². The number of hydrogen-bond acceptors (Lipinski definition) is 6. The maximum Gasteiger partial charge on any atom is 0.328 e. The number of hydrogen-bond donors (Lipinski definition) is 2. The minimum absolute atomic E-state index is 0.00512. The lowest BCUT2D eigenvalue weighted by Crippen LogP contribution is -2.38. The van der Waals surface area contributed by atoms with Crippen molar-refractivity contribution in [2.75, 3.05) is 19.6 Å². The molecule has 4 rings (SSSR count). The van der Waals surface area contributed by atoms with Gasteiger partial charge >= 0.3 is 11.9 Å². The first-order valence-corrected chi connectivity index (χ1v) is 11.8. The monoisotopic (exact) mass is 509 g/mol. The summed E-state index contributed by atoms with van der Waals surface area (Å²) in [6.45, 7) is 4.30. The molecule has 0 amide bonds. The van der Waals surface area contributed by atoms with Crippen LogP contribution in [0.2, 0.25) is 0 Å². The first-order valence-electron chi connectivity index (χ1n) is 11.8. The number of carbonyl (C=O) groups excluding carboxylic acids is 1. The number of pyridine rings is 1. The van der Waals surface area contributed by atoms with Crippen molar-refractivity contribution >= 4 is 23.4 Å². The Kier molecular flexibility index (Phi) is 9.39. The molecule has 3 heterocycles. The predicted molar refractivity (Wildman–Crippen MR) is 134 cm³/mol. The topological polar surface area (TPSA) is 129 Å². The van der Waals surface area contributed by atoms with Gasteiger partial charge in [-0.2, -0.15) is 0 Å². The van der Waals surface area contributed by atoms with Crippen molar-refractivity contribution in [3.8, 4) is 0 Å². The summed E-state index contributed by atoms with van der Waals surface area (Å²) in [4.78, 5) is 51.3. The molecule has 1 aliphatic heterocycles. The Bertz CT molecular complexity index is 1340. The molecule has 10 heteroatoms. The molecule has 3 aromatic rings. The van der Waals surface area contributed by atoms with E-state index >= 15 is 0 Å². The zero-order valence-corrected chi connectivity index (χ0v) is 20.3. The van der Waals surface area contributed by atoms with Crippen LogP contribution in [0.1, 0.15) is 34.5 Å². The number of ketones is 1. The first kappa shape index (κ1) is 27.4. The Morgan fingerprint density at radius 3 is 2.24 bits per heavy atom. The van der Waals surface area contributed by atoms with Gasteiger partial charge in [0.2, 0.25) is 0 Å². The van der Waals surface area contributed by atoms with E-state index in [2.05, 4.69) is 9.88 Å². The van der Waals surface area contributed by atoms with Crippen LogP contribution in [0.3, 0.4) is 0 Å². The van der Waals surface area contributed by atoms with Crippen molar-refractivity contribution in [3.63, 3.8) is 0 Å². The third-order valence-electron chi connectivity index (χ3n) is 6.17. The average Bonchev–Trinajstić information content (AvgIpc) is 2.88. The van der Waals surface area contributed by atoms with Gasteiger partial charge in [0.25, 0.3) is 5.56 Å². The van der Waals surface area contributed by atoms with Crippen molar-refractivity contribution in [1.82, 2.24) is 14.3 Å². The number of carboxylic acid groups (broad SMARTS) is 2. The van der Waals surface area contributed by atoms with E-state index in [1.807, 2.05) is 25.1 Å². The molecule has 0 bridgehead atoms. The first-order chi connectivity index (χ1) is 17.7. The van der Waals surface area contributed by atoms with Crippen LogP contribution in [0.25, 0.3) is 5.65 Å². The summed E-state index contributed by atoms with van der Waals surface area (Å²) in [6.07, 6.45) is 5.07. The normalized spacial score (nSPS) is 14.3. The second-order valence-electron chi connectivity index (χ2n) is 8.66. The molecule has 194 valence electrons. The second-order valence-corrected chi connectivity index (χ2v) is 8.66. The van der Waals surface area contributed by atoms with E-state index in [0.717, 1.165) is 43.7 Å². The van der Waals surface area contributed by atoms with Gasteiger partial charge in [0, 0.05) is 47.6 Å². The maximum absolute atomic E-state index is 13.1. The van der Waals surface area contributed by atoms with E-state index in [1.165, 1.54) is 12.1 Å². The molecule has 1 fully saturated rings. The molecule has 1 aliphatic rings. The standard InChI is InChI=1S/C23H24FN3O2.C4H4O4/c1-16-20(23(29)27-12-3-2-4-21(27)25-16)11-15-26-13-9-18(10-14-26)22(28)17-5-7-19(24)8-6-17;5-3(6)1-2-4(7)8/h2-8,12,18H,9-11,13-15H2,1H3;1-2H,(H,5,6)(H,7,8)/b;2-1-. The zero-order chi connectivity index (χ0) is 26.9. The Hall–Kier alpha value is -4.18. The van der Waals surface area contributed by atoms with Crippen molar-refractivity contribution in [2.24, 2.45) is 5.92 Å². The zero-order valence-electron chi connectivity index (χ0n) is 20.3. The number of aromatic nitrogens is 2. The summed E-state index contributed by atoms with van der Waals surface area (Å²) in [7, 11) is 0. The Morgan fingerprint density at radius 2 is 1.65 bits per heavy atom. The fourth-order valence-electron chi connectivity index (χ4n) is 4.21. The van der Waals surface area contributed by atoms with Crippen LogP contribution in [0.4, 0.5) is 4.39 Å². The minimum atomic E-state index is -1.26. The molecule has 1 saturated heterocycles. The molecule has 0 spiro atoms. The van der Waals surface area contributed by atoms with Crippen LogP contribution < -0.4 is 5.56 Å². The van der Waals surface area contributed by atoms with Gasteiger partial charge < -0.3 is 15.1 Å². The molecule has 1 aromatic carbocycles. The Labute approximate surface area is 212 Å². The van der Waals surface area contributed by atoms with Crippen LogP contribution >= 0.6 is 0 Å². The van der Waals surface area contributed by atoms with E-state index in [0.29, 0.717) is 29.8 Å². The number of benzene rings is 1. The lowest BCUT2D eigenvalue weighted by atomic mass is 9.89. The number of carbonyl (C=O) groups is 3. The highest BCUT2D eigenvalue weighted by atomic mass is 19.1. The highest BCUT2D eigenvalue weighted by Crippen LogP contribution is 2.22. The van der Waals surface area contributed by atoms with Crippen molar-refractivity contribution in [3.05, 3.63) is 93.8 Å². The number of carboxylic acids is 2. The van der Waals surface area contributed by atoms with Crippen molar-refractivity contribution in [1.29, 1.82) is 0 Å². The van der Waals surface area contributed by atoms with E-state index in [1.54, 1.807) is 22.7 Å². The number of likely N-dealkylation sites (tertiary alicyclic amines) is 1. The van der Waals surface area contributed by atoms with Gasteiger partial charge in [-0.25, -0.2) is 19.0 Å². The second kappa shape index (κ2) is 12.7. The number of rotatable bonds is 7. The molecular formula is C27H28FN3O6. The van der Waals surface area contributed by atoms with E-state index in [-0.39, 0.29) is 23.1 Å². The Balaban J connectivity index is 0.000000414. The summed E-state index contributed by atoms with van der Waals surface area (Å²) >= 11 is 0. The number of aryl methyl sites for hydroxylation is 1. The molecular weight excluding hydrogens is 481 g/mol. The summed E-state index contributed by atoms with van der Waals surface area (Å²) in [5, 5.41) is 15.6. The highest BCUT2D eigenvalue weighted by molar-refractivity contribution is 5.97. The van der Waals surface area contributed by atoms with E-state index in [9.17, 15) is 23.6 Å². The fourth-order valence-corrected chi connectivity index (χ4v) is 4.21. The third kappa shape index (κ3) is 7.65. The number of halogens is 1. The van der Waals surface area contributed by atoms with Gasteiger partial charge in [-0.05, 0) is 75.7 Å². The predicted octanol–water partition coefficient (Wildman–Crippen LogP) is 2.99. The van der Waals surface area contributed by atoms with Crippen molar-refractivity contribution < 1.29 is 29.0 Å². The van der Waals surface area contributed by atoms with Gasteiger partial charge in [-0.1, -0.05) is 6.07 Å². The highest BCUT2D eigenvalue weighted by Gasteiger charge is 2.26. The number of aliphatic carboxylic acids is 2. The summed E-state index contributed by atoms with van der Waals surface area (Å²) < 4.78 is 14.7. The Morgan fingerprint density at radius 1 is 1.03 bits per heavy atom. The third-order valence-corrected chi connectivity index (χ3v) is 6.17. The quantitative estimate of drug-likeness (QED) is 0.367. The summed E-state index contributed by atoms with van der Waals surface area (Å²) in [5.74, 6) is -2.77. The maximum atomic E-state index is 13.1. The number of fused-ring (bicyclic) bond motifs is 1. The molecule has 0 saturated carbocycles. The fraction of sp³-hybridized carbons (Fsp3) is 0.296. The summed E-state index contributed by atoms with van der Waals surface area (Å²) in [5.41, 5.74) is 2.77. The van der Waals surface area contributed by atoms with Crippen LogP contribution in [-0.4, -0.2) is 61.9 Å². The van der Waals surface area contributed by atoms with Gasteiger partial charge in [0.15, 0.2) is 5.78 Å². The molecule has 0 atom stereocenters. The van der Waals surface area contributed by atoms with E-state index < -0.39 is 11.9 Å². The van der Waals surface area contributed by atoms with Gasteiger partial charge in [-0.3, -0.25) is 14.0 Å². The minimum Gasteiger partial charge on any atom is -0.478 e. The lowest BCUT2D eigenvalue weighted by molar-refractivity contribution is -0.134. The number of Topliss-reactive ketones (excluding diaryl/α,β-unsaturated/α-hetero) is 1. The lowest BCUT2D eigenvalue weighted by Gasteiger charge is -2.31. The SMILES string of the molecule is Cc1nc2ccccn2c(=O)c1CCN1CCC(C(=O)c2ccc(F)cc2)CC1.O=C(O)/C=C\C(=O)O. The van der Waals surface area contributed by atoms with Crippen LogP contribution in [0, 0.1) is 18.7 Å². The molecule has 2 N–H and O–H groups in total. The molecule has 0 aliphatic carbocycles. The molecule has 0 unspecified atom stereocenters. The number of nitrogens with zero attached hydrogens (tertiary/aromatic N) is 3. The van der Waals surface area contributed by atoms with Crippen LogP contribution in [-0.2, 0) is 16.0 Å². The molecule has 0 radical (unpaired) electrons. The molecule has 37 heavy (non-hydrogen) atoms. The summed E-state index contributed by atoms with van der Waals surface area (Å²) in [6, 6.07) is 11.3. The van der Waals surface area contributed by atoms with Crippen molar-refractivity contribution in [2.45, 2.75) is 26.2 Å².